The van der Waals surface area contributed by atoms with Crippen LogP contribution in [0.1, 0.15) is 40.4 Å². The first-order valence-corrected chi connectivity index (χ1v) is 12.8. The molecule has 5 nitrogen and oxygen atoms in total. The highest BCUT2D eigenvalue weighted by molar-refractivity contribution is 9.10. The SMILES string of the molecule is CCN(CCOC)c1ccc(C(F)(F)F)cc1CNc1ncc(Br)c(Cc2cc(C(F)(F)F)cc(C(F)(F)F)c2)n1. The van der Waals surface area contributed by atoms with Crippen molar-refractivity contribution in [3.63, 3.8) is 0 Å². The lowest BCUT2D eigenvalue weighted by Gasteiger charge is -2.26. The molecule has 3 rings (SSSR count). The van der Waals surface area contributed by atoms with Crippen molar-refractivity contribution in [3.05, 3.63) is 80.6 Å². The number of aromatic nitrogens is 2. The van der Waals surface area contributed by atoms with Crippen molar-refractivity contribution < 1.29 is 44.3 Å². The Hall–Kier alpha value is -3.07. The molecule has 0 radical (unpaired) electrons. The van der Waals surface area contributed by atoms with Crippen molar-refractivity contribution in [1.82, 2.24) is 9.97 Å². The molecule has 0 aliphatic heterocycles. The molecule has 0 fully saturated rings. The second kappa shape index (κ2) is 12.8. The molecule has 0 aliphatic rings. The summed E-state index contributed by atoms with van der Waals surface area (Å²) in [7, 11) is 1.49. The first kappa shape index (κ1) is 32.4. The molecule has 3 aromatic rings. The van der Waals surface area contributed by atoms with Gasteiger partial charge in [0, 0.05) is 45.0 Å². The molecule has 0 saturated carbocycles. The quantitative estimate of drug-likeness (QED) is 0.224. The maximum Gasteiger partial charge on any atom is 0.416 e. The van der Waals surface area contributed by atoms with Gasteiger partial charge in [-0.2, -0.15) is 39.5 Å². The molecule has 0 bridgehead atoms. The van der Waals surface area contributed by atoms with Gasteiger partial charge in [-0.3, -0.25) is 0 Å². The van der Waals surface area contributed by atoms with Crippen LogP contribution in [0, 0.1) is 0 Å². The summed E-state index contributed by atoms with van der Waals surface area (Å²) in [6.45, 7) is 2.86. The van der Waals surface area contributed by atoms with Crippen molar-refractivity contribution in [2.24, 2.45) is 0 Å². The van der Waals surface area contributed by atoms with Gasteiger partial charge < -0.3 is 15.0 Å². The zero-order valence-electron chi connectivity index (χ0n) is 21.6. The van der Waals surface area contributed by atoms with Crippen molar-refractivity contribution in [2.75, 3.05) is 37.0 Å². The number of hydrogen-bond acceptors (Lipinski definition) is 5. The van der Waals surface area contributed by atoms with E-state index >= 15 is 0 Å². The van der Waals surface area contributed by atoms with E-state index in [2.05, 4.69) is 31.2 Å². The third kappa shape index (κ3) is 8.71. The summed E-state index contributed by atoms with van der Waals surface area (Å²) >= 11 is 3.15. The molecule has 0 aliphatic carbocycles. The van der Waals surface area contributed by atoms with Gasteiger partial charge in [0.1, 0.15) is 0 Å². The average Bonchev–Trinajstić information content (AvgIpc) is 2.88. The van der Waals surface area contributed by atoms with Gasteiger partial charge in [0.2, 0.25) is 5.95 Å². The van der Waals surface area contributed by atoms with Gasteiger partial charge in [0.25, 0.3) is 0 Å². The summed E-state index contributed by atoms with van der Waals surface area (Å²) in [5, 5.41) is 2.81. The van der Waals surface area contributed by atoms with E-state index in [9.17, 15) is 39.5 Å². The number of hydrogen-bond donors (Lipinski definition) is 1. The lowest BCUT2D eigenvalue weighted by molar-refractivity contribution is -0.143. The van der Waals surface area contributed by atoms with E-state index in [0.717, 1.165) is 12.1 Å². The Morgan fingerprint density at radius 1 is 0.878 bits per heavy atom. The molecule has 1 N–H and O–H groups in total. The van der Waals surface area contributed by atoms with Crippen LogP contribution in [-0.4, -0.2) is 36.8 Å². The fourth-order valence-corrected chi connectivity index (χ4v) is 4.29. The van der Waals surface area contributed by atoms with Crippen LogP contribution >= 0.6 is 15.9 Å². The van der Waals surface area contributed by atoms with E-state index in [4.69, 9.17) is 4.74 Å². The number of methoxy groups -OCH3 is 1. The van der Waals surface area contributed by atoms with Crippen LogP contribution in [-0.2, 0) is 36.2 Å². The highest BCUT2D eigenvalue weighted by Gasteiger charge is 2.37. The van der Waals surface area contributed by atoms with Gasteiger partial charge in [0.05, 0.1) is 33.5 Å². The molecule has 0 spiro atoms. The predicted molar refractivity (Wildman–Crippen MR) is 138 cm³/mol. The number of alkyl halides is 9. The van der Waals surface area contributed by atoms with E-state index in [-0.39, 0.29) is 39.9 Å². The molecular weight excluding hydrogens is 635 g/mol. The monoisotopic (exact) mass is 658 g/mol. The maximum atomic E-state index is 13.4. The fourth-order valence-electron chi connectivity index (χ4n) is 3.96. The molecule has 0 atom stereocenters. The average molecular weight is 659 g/mol. The molecule has 1 heterocycles. The van der Waals surface area contributed by atoms with Crippen molar-refractivity contribution in [3.8, 4) is 0 Å². The zero-order chi connectivity index (χ0) is 30.6. The highest BCUT2D eigenvalue weighted by Crippen LogP contribution is 2.37. The minimum Gasteiger partial charge on any atom is -0.383 e. The van der Waals surface area contributed by atoms with Crippen molar-refractivity contribution in [2.45, 2.75) is 38.4 Å². The van der Waals surface area contributed by atoms with Crippen LogP contribution in [0.5, 0.6) is 0 Å². The van der Waals surface area contributed by atoms with Gasteiger partial charge >= 0.3 is 18.5 Å². The van der Waals surface area contributed by atoms with Crippen LogP contribution in [0.25, 0.3) is 0 Å². The Balaban J connectivity index is 1.93. The Morgan fingerprint density at radius 3 is 2.02 bits per heavy atom. The fraction of sp³-hybridized carbons (Fsp3) is 0.385. The van der Waals surface area contributed by atoms with Gasteiger partial charge in [-0.1, -0.05) is 0 Å². The number of halogens is 10. The van der Waals surface area contributed by atoms with Gasteiger partial charge in [-0.05, 0) is 70.4 Å². The summed E-state index contributed by atoms with van der Waals surface area (Å²) in [6, 6.07) is 4.53. The van der Waals surface area contributed by atoms with Crippen LogP contribution in [0.2, 0.25) is 0 Å². The Morgan fingerprint density at radius 2 is 1.49 bits per heavy atom. The van der Waals surface area contributed by atoms with Crippen LogP contribution in [0.4, 0.5) is 51.1 Å². The standard InChI is InChI=1S/C26H24BrF9N4O/c1-3-40(6-7-41-2)22-5-4-17(24(28,29)30)11-16(22)13-37-23-38-14-20(27)21(39-23)10-15-8-18(25(31,32)33)12-19(9-15)26(34,35)36/h4-5,8-9,11-12,14H,3,6-7,10,13H2,1-2H3,(H,37,38,39). The molecular formula is C26H24BrF9N4O. The smallest absolute Gasteiger partial charge is 0.383 e. The zero-order valence-corrected chi connectivity index (χ0v) is 23.2. The molecule has 0 saturated heterocycles. The third-order valence-electron chi connectivity index (χ3n) is 5.97. The third-order valence-corrected chi connectivity index (χ3v) is 6.63. The molecule has 2 aromatic carbocycles. The van der Waals surface area contributed by atoms with E-state index in [0.29, 0.717) is 37.5 Å². The summed E-state index contributed by atoms with van der Waals surface area (Å²) in [4.78, 5) is 10.1. The summed E-state index contributed by atoms with van der Waals surface area (Å²) in [6.07, 6.45) is -13.8. The maximum absolute atomic E-state index is 13.4. The number of nitrogens with one attached hydrogen (secondary N) is 1. The molecule has 0 unspecified atom stereocenters. The van der Waals surface area contributed by atoms with E-state index < -0.39 is 41.6 Å². The number of anilines is 2. The molecule has 41 heavy (non-hydrogen) atoms. The minimum absolute atomic E-state index is 0.0321. The summed E-state index contributed by atoms with van der Waals surface area (Å²) in [5.74, 6) is -0.0884. The van der Waals surface area contributed by atoms with Crippen LogP contribution in [0.15, 0.2) is 47.1 Å². The van der Waals surface area contributed by atoms with Crippen LogP contribution < -0.4 is 10.2 Å². The summed E-state index contributed by atoms with van der Waals surface area (Å²) in [5.41, 5.74) is -3.26. The van der Waals surface area contributed by atoms with E-state index in [1.54, 1.807) is 0 Å². The summed E-state index contributed by atoms with van der Waals surface area (Å²) < 4.78 is 125. The largest absolute Gasteiger partial charge is 0.416 e. The number of ether oxygens (including phenoxy) is 1. The Kier molecular flexibility index (Phi) is 10.2. The lowest BCUT2D eigenvalue weighted by atomic mass is 10.0. The van der Waals surface area contributed by atoms with Gasteiger partial charge in [-0.25, -0.2) is 9.97 Å². The Labute approximate surface area is 237 Å². The molecule has 0 amide bonds. The molecule has 15 heteroatoms. The van der Waals surface area contributed by atoms with E-state index in [1.165, 1.54) is 19.4 Å². The van der Waals surface area contributed by atoms with Crippen molar-refractivity contribution >= 4 is 27.6 Å². The minimum atomic E-state index is -5.01. The topological polar surface area (TPSA) is 50.3 Å². The van der Waals surface area contributed by atoms with Crippen molar-refractivity contribution in [1.29, 1.82) is 0 Å². The van der Waals surface area contributed by atoms with Crippen LogP contribution in [0.3, 0.4) is 0 Å². The predicted octanol–water partition coefficient (Wildman–Crippen LogP) is 7.97. The normalized spacial score (nSPS) is 12.5. The van der Waals surface area contributed by atoms with E-state index in [1.807, 2.05) is 11.8 Å². The van der Waals surface area contributed by atoms with Gasteiger partial charge in [0.15, 0.2) is 0 Å². The highest BCUT2D eigenvalue weighted by atomic mass is 79.9. The number of nitrogens with zero attached hydrogens (tertiary/aromatic N) is 3. The molecule has 1 aromatic heterocycles. The van der Waals surface area contributed by atoms with Gasteiger partial charge in [-0.15, -0.1) is 0 Å². The Bertz CT molecular complexity index is 1310. The first-order chi connectivity index (χ1) is 19.0. The number of benzene rings is 2. The second-order valence-corrected chi connectivity index (χ2v) is 9.70. The number of rotatable bonds is 10. The number of likely N-dealkylation sites (N-methyl/N-ethyl adjacent to an activating group) is 1. The second-order valence-electron chi connectivity index (χ2n) is 8.85. The first-order valence-electron chi connectivity index (χ1n) is 12.0. The molecule has 224 valence electrons. The lowest BCUT2D eigenvalue weighted by Crippen LogP contribution is -2.28.